The molecule has 3 nitrogen and oxygen atoms in total. The van der Waals surface area contributed by atoms with Crippen LogP contribution in [0.15, 0.2) is 34.9 Å². The van der Waals surface area contributed by atoms with Crippen LogP contribution in [0.2, 0.25) is 5.02 Å². The van der Waals surface area contributed by atoms with E-state index in [-0.39, 0.29) is 0 Å². The van der Waals surface area contributed by atoms with E-state index in [1.165, 1.54) is 6.20 Å². The van der Waals surface area contributed by atoms with Gasteiger partial charge in [0.1, 0.15) is 0 Å². The molecule has 0 aliphatic rings. The van der Waals surface area contributed by atoms with E-state index in [0.29, 0.717) is 10.8 Å². The van der Waals surface area contributed by atoms with Gasteiger partial charge in [-0.1, -0.05) is 33.6 Å². The zero-order valence-electron chi connectivity index (χ0n) is 7.96. The van der Waals surface area contributed by atoms with Crippen molar-refractivity contribution >= 4 is 33.6 Å². The van der Waals surface area contributed by atoms with Gasteiger partial charge in [-0.15, -0.1) is 0 Å². The SMILES string of the molecule is CC=CNC(=O)Oc1ccc(Br)cc1Cl. The molecule has 0 bridgehead atoms. The lowest BCUT2D eigenvalue weighted by molar-refractivity contribution is 0.204. The molecule has 80 valence electrons. The molecule has 0 aliphatic heterocycles. The third-order valence-corrected chi connectivity index (χ3v) is 2.25. The minimum absolute atomic E-state index is 0.321. The lowest BCUT2D eigenvalue weighted by Gasteiger charge is -2.05. The second-order valence-corrected chi connectivity index (χ2v) is 3.93. The summed E-state index contributed by atoms with van der Waals surface area (Å²) in [5, 5.41) is 2.79. The molecule has 1 rings (SSSR count). The van der Waals surface area contributed by atoms with Gasteiger partial charge in [0, 0.05) is 10.7 Å². The largest absolute Gasteiger partial charge is 0.416 e. The van der Waals surface area contributed by atoms with Gasteiger partial charge in [-0.2, -0.15) is 0 Å². The highest BCUT2D eigenvalue weighted by Crippen LogP contribution is 2.27. The van der Waals surface area contributed by atoms with Gasteiger partial charge >= 0.3 is 6.09 Å². The lowest BCUT2D eigenvalue weighted by atomic mass is 10.3. The summed E-state index contributed by atoms with van der Waals surface area (Å²) in [7, 11) is 0. The maximum Gasteiger partial charge on any atom is 0.416 e. The highest BCUT2D eigenvalue weighted by atomic mass is 79.9. The van der Waals surface area contributed by atoms with Crippen molar-refractivity contribution in [1.82, 2.24) is 5.32 Å². The maximum atomic E-state index is 11.2. The quantitative estimate of drug-likeness (QED) is 0.901. The fourth-order valence-electron chi connectivity index (χ4n) is 0.839. The number of carbonyl (C=O) groups is 1. The number of ether oxygens (including phenoxy) is 1. The van der Waals surface area contributed by atoms with Crippen LogP contribution < -0.4 is 10.1 Å². The molecule has 5 heteroatoms. The molecule has 0 fully saturated rings. The van der Waals surface area contributed by atoms with Crippen molar-refractivity contribution in [2.45, 2.75) is 6.92 Å². The fraction of sp³-hybridized carbons (Fsp3) is 0.100. The van der Waals surface area contributed by atoms with Crippen LogP contribution in [0.5, 0.6) is 5.75 Å². The van der Waals surface area contributed by atoms with E-state index in [1.807, 2.05) is 0 Å². The second-order valence-electron chi connectivity index (χ2n) is 2.61. The normalized spacial score (nSPS) is 10.3. The Morgan fingerprint density at radius 3 is 2.93 bits per heavy atom. The lowest BCUT2D eigenvalue weighted by Crippen LogP contribution is -2.21. The Kier molecular flexibility index (Phi) is 4.65. The molecular weight excluding hydrogens is 281 g/mol. The molecule has 1 amide bonds. The average molecular weight is 291 g/mol. The van der Waals surface area contributed by atoms with E-state index < -0.39 is 6.09 Å². The molecule has 0 heterocycles. The van der Waals surface area contributed by atoms with Gasteiger partial charge in [-0.25, -0.2) is 4.79 Å². The fourth-order valence-corrected chi connectivity index (χ4v) is 1.55. The van der Waals surface area contributed by atoms with Crippen LogP contribution in [0.4, 0.5) is 4.79 Å². The van der Waals surface area contributed by atoms with E-state index in [9.17, 15) is 4.79 Å². The van der Waals surface area contributed by atoms with Gasteiger partial charge in [0.25, 0.3) is 0 Å². The van der Waals surface area contributed by atoms with E-state index in [4.69, 9.17) is 16.3 Å². The van der Waals surface area contributed by atoms with Crippen LogP contribution in [-0.4, -0.2) is 6.09 Å². The number of benzene rings is 1. The maximum absolute atomic E-state index is 11.2. The van der Waals surface area contributed by atoms with Crippen molar-refractivity contribution in [2.24, 2.45) is 0 Å². The van der Waals surface area contributed by atoms with E-state index in [2.05, 4.69) is 21.2 Å². The molecule has 0 aliphatic carbocycles. The number of allylic oxidation sites excluding steroid dienone is 1. The van der Waals surface area contributed by atoms with Crippen LogP contribution in [0.1, 0.15) is 6.92 Å². The molecule has 0 saturated carbocycles. The summed E-state index contributed by atoms with van der Waals surface area (Å²) in [5.74, 6) is 0.321. The van der Waals surface area contributed by atoms with E-state index >= 15 is 0 Å². The van der Waals surface area contributed by atoms with Gasteiger partial charge in [0.2, 0.25) is 0 Å². The van der Waals surface area contributed by atoms with Gasteiger partial charge < -0.3 is 4.74 Å². The van der Waals surface area contributed by atoms with Crippen LogP contribution in [0.25, 0.3) is 0 Å². The highest BCUT2D eigenvalue weighted by Gasteiger charge is 2.06. The molecule has 1 N–H and O–H groups in total. The highest BCUT2D eigenvalue weighted by molar-refractivity contribution is 9.10. The Morgan fingerprint density at radius 2 is 2.33 bits per heavy atom. The summed E-state index contributed by atoms with van der Waals surface area (Å²) in [6.45, 7) is 1.78. The minimum atomic E-state index is -0.572. The molecule has 0 saturated heterocycles. The number of halogens is 2. The Balaban J connectivity index is 2.68. The van der Waals surface area contributed by atoms with E-state index in [1.54, 1.807) is 31.2 Å². The molecule has 0 radical (unpaired) electrons. The molecule has 0 unspecified atom stereocenters. The topological polar surface area (TPSA) is 38.3 Å². The molecule has 0 aromatic heterocycles. The first-order valence-corrected chi connectivity index (χ1v) is 5.35. The number of hydrogen-bond donors (Lipinski definition) is 1. The van der Waals surface area contributed by atoms with Crippen molar-refractivity contribution in [3.63, 3.8) is 0 Å². The minimum Gasteiger partial charge on any atom is -0.409 e. The first-order valence-electron chi connectivity index (χ1n) is 4.18. The third-order valence-electron chi connectivity index (χ3n) is 1.46. The monoisotopic (exact) mass is 289 g/mol. The van der Waals surface area contributed by atoms with Crippen LogP contribution >= 0.6 is 27.5 Å². The predicted octanol–water partition coefficient (Wildman–Crippen LogP) is 3.72. The zero-order valence-corrected chi connectivity index (χ0v) is 10.3. The first-order chi connectivity index (χ1) is 7.13. The van der Waals surface area contributed by atoms with Crippen molar-refractivity contribution in [3.8, 4) is 5.75 Å². The Hall–Kier alpha value is -1.000. The van der Waals surface area contributed by atoms with Crippen molar-refractivity contribution in [3.05, 3.63) is 40.0 Å². The Labute approximate surface area is 101 Å². The molecule has 1 aromatic carbocycles. The Bertz CT molecular complexity index is 393. The average Bonchev–Trinajstić information content (AvgIpc) is 2.19. The van der Waals surface area contributed by atoms with Crippen molar-refractivity contribution in [2.75, 3.05) is 0 Å². The number of rotatable bonds is 2. The van der Waals surface area contributed by atoms with Crippen LogP contribution in [0.3, 0.4) is 0 Å². The van der Waals surface area contributed by atoms with Gasteiger partial charge in [-0.05, 0) is 25.1 Å². The van der Waals surface area contributed by atoms with Gasteiger partial charge in [0.05, 0.1) is 5.02 Å². The predicted molar refractivity (Wildman–Crippen MR) is 63.1 cm³/mol. The second kappa shape index (κ2) is 5.78. The van der Waals surface area contributed by atoms with Crippen LogP contribution in [-0.2, 0) is 0 Å². The summed E-state index contributed by atoms with van der Waals surface area (Å²) in [4.78, 5) is 11.2. The van der Waals surface area contributed by atoms with E-state index in [0.717, 1.165) is 4.47 Å². The van der Waals surface area contributed by atoms with Crippen molar-refractivity contribution in [1.29, 1.82) is 0 Å². The smallest absolute Gasteiger partial charge is 0.409 e. The molecule has 1 aromatic rings. The summed E-state index contributed by atoms with van der Waals surface area (Å²) >= 11 is 9.11. The van der Waals surface area contributed by atoms with Crippen LogP contribution in [0, 0.1) is 0 Å². The first kappa shape index (κ1) is 12.1. The number of amides is 1. The van der Waals surface area contributed by atoms with Crippen molar-refractivity contribution < 1.29 is 9.53 Å². The zero-order chi connectivity index (χ0) is 11.3. The molecule has 0 spiro atoms. The van der Waals surface area contributed by atoms with Gasteiger partial charge in [0.15, 0.2) is 5.75 Å². The molecular formula is C10H9BrClNO2. The number of carbonyl (C=O) groups excluding carboxylic acids is 1. The van der Waals surface area contributed by atoms with Gasteiger partial charge in [-0.3, -0.25) is 5.32 Å². The number of nitrogens with one attached hydrogen (secondary N) is 1. The number of hydrogen-bond acceptors (Lipinski definition) is 2. The summed E-state index contributed by atoms with van der Waals surface area (Å²) in [6, 6.07) is 5.01. The third kappa shape index (κ3) is 3.93. The summed E-state index contributed by atoms with van der Waals surface area (Å²) in [5.41, 5.74) is 0. The summed E-state index contributed by atoms with van der Waals surface area (Å²) < 4.78 is 5.78. The summed E-state index contributed by atoms with van der Waals surface area (Å²) in [6.07, 6.45) is 2.59. The Morgan fingerprint density at radius 1 is 1.60 bits per heavy atom. The molecule has 0 atom stereocenters. The standard InChI is InChI=1S/C10H9BrClNO2/c1-2-5-13-10(14)15-9-4-3-7(11)6-8(9)12/h2-6H,1H3,(H,13,14). The molecule has 15 heavy (non-hydrogen) atoms.